The maximum absolute atomic E-state index is 13.0. The van der Waals surface area contributed by atoms with Gasteiger partial charge in [-0.05, 0) is 31.5 Å². The van der Waals surface area contributed by atoms with E-state index in [9.17, 15) is 14.0 Å². The molecule has 21 heavy (non-hydrogen) atoms. The molecule has 1 aromatic heterocycles. The number of carbonyl (C=O) groups excluding carboxylic acids is 1. The van der Waals surface area contributed by atoms with E-state index in [0.717, 1.165) is 11.4 Å². The Hall–Kier alpha value is -2.37. The van der Waals surface area contributed by atoms with Crippen LogP contribution in [0.5, 0.6) is 0 Å². The van der Waals surface area contributed by atoms with E-state index in [0.29, 0.717) is 12.1 Å². The number of rotatable bonds is 5. The van der Waals surface area contributed by atoms with Gasteiger partial charge in [-0.1, -0.05) is 12.1 Å². The van der Waals surface area contributed by atoms with E-state index in [2.05, 4.69) is 10.3 Å². The van der Waals surface area contributed by atoms with Crippen molar-refractivity contribution in [3.63, 3.8) is 0 Å². The first-order valence-electron chi connectivity index (χ1n) is 6.74. The van der Waals surface area contributed by atoms with Gasteiger partial charge in [0, 0.05) is 30.9 Å². The Morgan fingerprint density at radius 1 is 1.38 bits per heavy atom. The van der Waals surface area contributed by atoms with Crippen LogP contribution in [0.4, 0.5) is 4.39 Å². The first-order chi connectivity index (χ1) is 9.97. The Morgan fingerprint density at radius 2 is 2.14 bits per heavy atom. The average Bonchev–Trinajstić information content (AvgIpc) is 2.68. The highest BCUT2D eigenvalue weighted by Gasteiger charge is 2.08. The number of aryl methyl sites for hydroxylation is 1. The van der Waals surface area contributed by atoms with Gasteiger partial charge in [-0.2, -0.15) is 0 Å². The van der Waals surface area contributed by atoms with E-state index in [4.69, 9.17) is 0 Å². The molecular formula is C15H18FN3O2. The van der Waals surface area contributed by atoms with E-state index in [1.807, 2.05) is 13.8 Å². The standard InChI is InChI=1S/C15H18FN3O2/c1-10-11(2)19(15(21)18-10)7-6-14(20)17-9-12-4-3-5-13(16)8-12/h3-5,8H,6-7,9H2,1-2H3,(H,17,20)(H,18,21). The fourth-order valence-electron chi connectivity index (χ4n) is 2.09. The molecule has 0 radical (unpaired) electrons. The second kappa shape index (κ2) is 6.39. The van der Waals surface area contributed by atoms with Crippen LogP contribution in [0.15, 0.2) is 29.1 Å². The molecule has 2 rings (SSSR count). The first kappa shape index (κ1) is 15.0. The minimum atomic E-state index is -0.327. The topological polar surface area (TPSA) is 66.9 Å². The number of nitrogens with one attached hydrogen (secondary N) is 2. The summed E-state index contributed by atoms with van der Waals surface area (Å²) in [6.45, 7) is 4.25. The van der Waals surface area contributed by atoms with Crippen LogP contribution in [0, 0.1) is 19.7 Å². The number of H-pyrrole nitrogens is 1. The lowest BCUT2D eigenvalue weighted by Crippen LogP contribution is -2.26. The Balaban J connectivity index is 1.86. The summed E-state index contributed by atoms with van der Waals surface area (Å²) in [5.74, 6) is -0.504. The van der Waals surface area contributed by atoms with Crippen LogP contribution in [0.25, 0.3) is 0 Å². The highest BCUT2D eigenvalue weighted by Crippen LogP contribution is 2.04. The van der Waals surface area contributed by atoms with Crippen molar-refractivity contribution in [3.8, 4) is 0 Å². The fraction of sp³-hybridized carbons (Fsp3) is 0.333. The molecule has 2 aromatic rings. The Bertz CT molecular complexity index is 703. The summed E-state index contributed by atoms with van der Waals surface area (Å²) in [6.07, 6.45) is 0.202. The van der Waals surface area contributed by atoms with Crippen molar-refractivity contribution in [2.24, 2.45) is 0 Å². The SMILES string of the molecule is Cc1[nH]c(=O)n(CCC(=O)NCc2cccc(F)c2)c1C. The highest BCUT2D eigenvalue weighted by atomic mass is 19.1. The lowest BCUT2D eigenvalue weighted by atomic mass is 10.2. The van der Waals surface area contributed by atoms with Crippen molar-refractivity contribution in [1.82, 2.24) is 14.9 Å². The number of carbonyl (C=O) groups is 1. The fourth-order valence-corrected chi connectivity index (χ4v) is 2.09. The zero-order valence-electron chi connectivity index (χ0n) is 12.1. The summed E-state index contributed by atoms with van der Waals surface area (Å²) in [5, 5.41) is 2.71. The Labute approximate surface area is 121 Å². The summed E-state index contributed by atoms with van der Waals surface area (Å²) in [7, 11) is 0. The summed E-state index contributed by atoms with van der Waals surface area (Å²) >= 11 is 0. The van der Waals surface area contributed by atoms with Gasteiger partial charge in [0.15, 0.2) is 0 Å². The van der Waals surface area contributed by atoms with E-state index in [1.54, 1.807) is 12.1 Å². The Morgan fingerprint density at radius 3 is 2.76 bits per heavy atom. The molecule has 1 amide bonds. The van der Waals surface area contributed by atoms with Crippen molar-refractivity contribution in [2.75, 3.05) is 0 Å². The van der Waals surface area contributed by atoms with Gasteiger partial charge in [0.2, 0.25) is 5.91 Å². The molecule has 2 N–H and O–H groups in total. The molecular weight excluding hydrogens is 273 g/mol. The van der Waals surface area contributed by atoms with Crippen molar-refractivity contribution in [2.45, 2.75) is 33.4 Å². The number of amides is 1. The lowest BCUT2D eigenvalue weighted by molar-refractivity contribution is -0.121. The van der Waals surface area contributed by atoms with E-state index in [-0.39, 0.29) is 30.4 Å². The third-order valence-corrected chi connectivity index (χ3v) is 3.43. The molecule has 0 aliphatic carbocycles. The molecule has 0 aliphatic rings. The molecule has 0 saturated carbocycles. The molecule has 0 aliphatic heterocycles. The lowest BCUT2D eigenvalue weighted by Gasteiger charge is -2.07. The molecule has 0 bridgehead atoms. The van der Waals surface area contributed by atoms with Crippen LogP contribution in [0.1, 0.15) is 23.4 Å². The smallest absolute Gasteiger partial charge is 0.325 e. The van der Waals surface area contributed by atoms with Crippen molar-refractivity contribution in [1.29, 1.82) is 0 Å². The van der Waals surface area contributed by atoms with Gasteiger partial charge in [0.25, 0.3) is 0 Å². The molecule has 6 heteroatoms. The second-order valence-electron chi connectivity index (χ2n) is 4.95. The predicted molar refractivity (Wildman–Crippen MR) is 77.4 cm³/mol. The van der Waals surface area contributed by atoms with Crippen LogP contribution >= 0.6 is 0 Å². The number of imidazole rings is 1. The van der Waals surface area contributed by atoms with Gasteiger partial charge in [-0.25, -0.2) is 9.18 Å². The number of hydrogen-bond donors (Lipinski definition) is 2. The summed E-state index contributed by atoms with van der Waals surface area (Å²) in [5.41, 5.74) is 2.13. The maximum Gasteiger partial charge on any atom is 0.325 e. The zero-order chi connectivity index (χ0) is 15.4. The van der Waals surface area contributed by atoms with E-state index < -0.39 is 0 Å². The predicted octanol–water partition coefficient (Wildman–Crippen LogP) is 1.64. The van der Waals surface area contributed by atoms with Crippen molar-refractivity contribution >= 4 is 5.91 Å². The molecule has 0 fully saturated rings. The molecule has 0 atom stereocenters. The molecule has 1 heterocycles. The van der Waals surface area contributed by atoms with E-state index >= 15 is 0 Å². The summed E-state index contributed by atoms with van der Waals surface area (Å²) in [4.78, 5) is 26.1. The van der Waals surface area contributed by atoms with Gasteiger partial charge < -0.3 is 10.3 Å². The van der Waals surface area contributed by atoms with Gasteiger partial charge >= 0.3 is 5.69 Å². The van der Waals surface area contributed by atoms with Crippen molar-refractivity contribution in [3.05, 3.63) is 57.5 Å². The van der Waals surface area contributed by atoms with Crippen LogP contribution in [-0.2, 0) is 17.9 Å². The number of halogens is 1. The number of benzene rings is 1. The van der Waals surface area contributed by atoms with Crippen LogP contribution < -0.4 is 11.0 Å². The number of aromatic nitrogens is 2. The quantitative estimate of drug-likeness (QED) is 0.879. The summed E-state index contributed by atoms with van der Waals surface area (Å²) in [6, 6.07) is 6.08. The Kier molecular flexibility index (Phi) is 4.57. The molecule has 0 saturated heterocycles. The third-order valence-electron chi connectivity index (χ3n) is 3.43. The zero-order valence-corrected chi connectivity index (χ0v) is 12.1. The number of nitrogens with zero attached hydrogens (tertiary/aromatic N) is 1. The number of aromatic amines is 1. The average molecular weight is 291 g/mol. The van der Waals surface area contributed by atoms with Crippen LogP contribution in [0.3, 0.4) is 0 Å². The molecule has 0 spiro atoms. The molecule has 0 unspecified atom stereocenters. The van der Waals surface area contributed by atoms with Crippen molar-refractivity contribution < 1.29 is 9.18 Å². The minimum absolute atomic E-state index is 0.176. The van der Waals surface area contributed by atoms with Crippen LogP contribution in [0.2, 0.25) is 0 Å². The molecule has 5 nitrogen and oxygen atoms in total. The second-order valence-corrected chi connectivity index (χ2v) is 4.95. The summed E-state index contributed by atoms with van der Waals surface area (Å²) < 4.78 is 14.5. The molecule has 1 aromatic carbocycles. The minimum Gasteiger partial charge on any atom is -0.352 e. The maximum atomic E-state index is 13.0. The monoisotopic (exact) mass is 291 g/mol. The van der Waals surface area contributed by atoms with Gasteiger partial charge in [0.05, 0.1) is 0 Å². The number of hydrogen-bond acceptors (Lipinski definition) is 2. The van der Waals surface area contributed by atoms with Gasteiger partial charge in [0.1, 0.15) is 5.82 Å². The van der Waals surface area contributed by atoms with E-state index in [1.165, 1.54) is 16.7 Å². The normalized spacial score (nSPS) is 10.6. The third kappa shape index (κ3) is 3.81. The first-order valence-corrected chi connectivity index (χ1v) is 6.74. The largest absolute Gasteiger partial charge is 0.352 e. The van der Waals surface area contributed by atoms with Gasteiger partial charge in [-0.15, -0.1) is 0 Å². The molecule has 112 valence electrons. The highest BCUT2D eigenvalue weighted by molar-refractivity contribution is 5.75. The van der Waals surface area contributed by atoms with Gasteiger partial charge in [-0.3, -0.25) is 9.36 Å². The van der Waals surface area contributed by atoms with Crippen LogP contribution in [-0.4, -0.2) is 15.5 Å².